The van der Waals surface area contributed by atoms with Gasteiger partial charge in [-0.1, -0.05) is 0 Å². The molecule has 164 valence electrons. The molecule has 0 spiro atoms. The first-order valence-electron chi connectivity index (χ1n) is 10.1. The van der Waals surface area contributed by atoms with Gasteiger partial charge in [0, 0.05) is 51.9 Å². The van der Waals surface area contributed by atoms with Crippen molar-refractivity contribution >= 4 is 36.0 Å². The van der Waals surface area contributed by atoms with Gasteiger partial charge in [-0.25, -0.2) is 4.79 Å². The van der Waals surface area contributed by atoms with Crippen LogP contribution in [0.3, 0.4) is 0 Å². The van der Waals surface area contributed by atoms with E-state index in [-0.39, 0.29) is 36.1 Å². The predicted octanol–water partition coefficient (Wildman–Crippen LogP) is 1.41. The first-order chi connectivity index (χ1) is 12.7. The van der Waals surface area contributed by atoms with Gasteiger partial charge >= 0.3 is 6.09 Å². The van der Waals surface area contributed by atoms with Crippen LogP contribution in [0.4, 0.5) is 4.79 Å². The zero-order valence-corrected chi connectivity index (χ0v) is 20.7. The van der Waals surface area contributed by atoms with Crippen molar-refractivity contribution in [3.05, 3.63) is 0 Å². The average Bonchev–Trinajstić information content (AvgIpc) is 2.53. The van der Waals surface area contributed by atoms with Crippen LogP contribution in [0.1, 0.15) is 34.6 Å². The number of piperazine rings is 1. The van der Waals surface area contributed by atoms with E-state index < -0.39 is 5.60 Å². The summed E-state index contributed by atoms with van der Waals surface area (Å²) in [6.07, 6.45) is -0.244. The number of hydrogen-bond donors (Lipinski definition) is 2. The highest BCUT2D eigenvalue weighted by molar-refractivity contribution is 14.0. The third-order valence-corrected chi connectivity index (χ3v) is 4.89. The lowest BCUT2D eigenvalue weighted by atomic mass is 10.1. The van der Waals surface area contributed by atoms with Gasteiger partial charge in [0.2, 0.25) is 0 Å². The first-order valence-corrected chi connectivity index (χ1v) is 10.1. The second-order valence-electron chi connectivity index (χ2n) is 8.63. The van der Waals surface area contributed by atoms with E-state index in [1.54, 1.807) is 4.90 Å². The van der Waals surface area contributed by atoms with Crippen LogP contribution in [0.2, 0.25) is 0 Å². The maximum Gasteiger partial charge on any atom is 0.410 e. The van der Waals surface area contributed by atoms with Gasteiger partial charge in [0.25, 0.3) is 0 Å². The van der Waals surface area contributed by atoms with Gasteiger partial charge in [-0.3, -0.25) is 9.89 Å². The molecule has 1 unspecified atom stereocenters. The SMILES string of the molecule is CCNC(=NCC(C)N1CCN(C)CC1)NC1CN(C(=O)OC(C)(C)C)C1.I. The van der Waals surface area contributed by atoms with Crippen LogP contribution in [0.15, 0.2) is 4.99 Å². The number of nitrogens with zero attached hydrogens (tertiary/aromatic N) is 4. The Morgan fingerprint density at radius 3 is 2.36 bits per heavy atom. The van der Waals surface area contributed by atoms with Gasteiger partial charge in [-0.15, -0.1) is 24.0 Å². The molecule has 0 aromatic rings. The zero-order valence-electron chi connectivity index (χ0n) is 18.3. The minimum absolute atomic E-state index is 0. The summed E-state index contributed by atoms with van der Waals surface area (Å²) in [4.78, 5) is 23.4. The quantitative estimate of drug-likeness (QED) is 0.331. The van der Waals surface area contributed by atoms with Gasteiger partial charge < -0.3 is 25.2 Å². The smallest absolute Gasteiger partial charge is 0.410 e. The minimum atomic E-state index is -0.453. The molecule has 0 aromatic heterocycles. The second-order valence-corrected chi connectivity index (χ2v) is 8.63. The van der Waals surface area contributed by atoms with E-state index in [1.807, 2.05) is 20.8 Å². The topological polar surface area (TPSA) is 72.4 Å². The molecule has 0 bridgehead atoms. The molecule has 0 aliphatic carbocycles. The van der Waals surface area contributed by atoms with Crippen molar-refractivity contribution in [1.29, 1.82) is 0 Å². The number of likely N-dealkylation sites (N-methyl/N-ethyl adjacent to an activating group) is 1. The molecule has 2 rings (SSSR count). The fourth-order valence-electron chi connectivity index (χ4n) is 3.16. The molecular weight excluding hydrogens is 471 g/mol. The first kappa shape index (κ1) is 25.2. The van der Waals surface area contributed by atoms with Crippen LogP contribution in [0, 0.1) is 0 Å². The molecule has 9 heteroatoms. The number of amides is 1. The molecular formula is C19H39IN6O2. The fourth-order valence-corrected chi connectivity index (χ4v) is 3.16. The summed E-state index contributed by atoms with van der Waals surface area (Å²) in [7, 11) is 2.17. The molecule has 1 amide bonds. The maximum atomic E-state index is 12.0. The summed E-state index contributed by atoms with van der Waals surface area (Å²) in [5.41, 5.74) is -0.453. The van der Waals surface area contributed by atoms with Crippen LogP contribution in [-0.4, -0.2) is 104 Å². The number of hydrogen-bond acceptors (Lipinski definition) is 5. The van der Waals surface area contributed by atoms with Crippen molar-refractivity contribution < 1.29 is 9.53 Å². The number of aliphatic imine (C=N–C) groups is 1. The molecule has 2 aliphatic heterocycles. The molecule has 2 fully saturated rings. The summed E-state index contributed by atoms with van der Waals surface area (Å²) in [5, 5.41) is 6.74. The Kier molecular flexibility index (Phi) is 10.3. The molecule has 2 heterocycles. The third-order valence-electron chi connectivity index (χ3n) is 4.89. The van der Waals surface area contributed by atoms with E-state index in [2.05, 4.69) is 41.3 Å². The summed E-state index contributed by atoms with van der Waals surface area (Å²) in [6, 6.07) is 0.642. The molecule has 1 atom stereocenters. The van der Waals surface area contributed by atoms with Gasteiger partial charge in [0.15, 0.2) is 5.96 Å². The Labute approximate surface area is 187 Å². The highest BCUT2D eigenvalue weighted by Gasteiger charge is 2.34. The van der Waals surface area contributed by atoms with Crippen molar-refractivity contribution in [3.63, 3.8) is 0 Å². The van der Waals surface area contributed by atoms with Crippen LogP contribution in [0.5, 0.6) is 0 Å². The lowest BCUT2D eigenvalue weighted by Crippen LogP contribution is -2.63. The van der Waals surface area contributed by atoms with E-state index in [0.29, 0.717) is 19.1 Å². The Bertz CT molecular complexity index is 511. The van der Waals surface area contributed by atoms with Crippen molar-refractivity contribution in [2.24, 2.45) is 4.99 Å². The van der Waals surface area contributed by atoms with Gasteiger partial charge in [0.05, 0.1) is 12.6 Å². The normalized spacial score (nSPS) is 20.8. The number of rotatable bonds is 5. The molecule has 8 nitrogen and oxygen atoms in total. The van der Waals surface area contributed by atoms with Crippen molar-refractivity contribution in [2.45, 2.75) is 52.3 Å². The number of nitrogens with one attached hydrogen (secondary N) is 2. The Balaban J connectivity index is 0.00000392. The summed E-state index contributed by atoms with van der Waals surface area (Å²) >= 11 is 0. The number of halogens is 1. The van der Waals surface area contributed by atoms with E-state index in [1.165, 1.54) is 0 Å². The number of carbonyl (C=O) groups is 1. The largest absolute Gasteiger partial charge is 0.444 e. The lowest BCUT2D eigenvalue weighted by molar-refractivity contribution is 0.00700. The highest BCUT2D eigenvalue weighted by atomic mass is 127. The zero-order chi connectivity index (χ0) is 20.0. The standard InChI is InChI=1S/C19H38N6O2.HI/c1-7-20-17(21-12-15(2)24-10-8-23(6)9-11-24)22-16-13-25(14-16)18(26)27-19(3,4)5;/h15-16H,7-14H2,1-6H3,(H2,20,21,22);1H. The molecule has 2 saturated heterocycles. The van der Waals surface area contributed by atoms with Crippen LogP contribution >= 0.6 is 24.0 Å². The van der Waals surface area contributed by atoms with Crippen LogP contribution in [-0.2, 0) is 4.74 Å². The fraction of sp³-hybridized carbons (Fsp3) is 0.895. The third kappa shape index (κ3) is 8.28. The monoisotopic (exact) mass is 510 g/mol. The van der Waals surface area contributed by atoms with E-state index in [0.717, 1.165) is 45.2 Å². The number of carbonyl (C=O) groups excluding carboxylic acids is 1. The van der Waals surface area contributed by atoms with Crippen LogP contribution < -0.4 is 10.6 Å². The van der Waals surface area contributed by atoms with Gasteiger partial charge in [-0.2, -0.15) is 0 Å². The molecule has 0 aromatic carbocycles. The van der Waals surface area contributed by atoms with Gasteiger partial charge in [0.1, 0.15) is 5.60 Å². The molecule has 0 saturated carbocycles. The molecule has 2 aliphatic rings. The second kappa shape index (κ2) is 11.4. The highest BCUT2D eigenvalue weighted by Crippen LogP contribution is 2.15. The van der Waals surface area contributed by atoms with E-state index in [9.17, 15) is 4.79 Å². The predicted molar refractivity (Wildman–Crippen MR) is 125 cm³/mol. The van der Waals surface area contributed by atoms with E-state index >= 15 is 0 Å². The summed E-state index contributed by atoms with van der Waals surface area (Å²) in [6.45, 7) is 17.3. The number of likely N-dealkylation sites (tertiary alicyclic amines) is 1. The minimum Gasteiger partial charge on any atom is -0.444 e. The Morgan fingerprint density at radius 2 is 1.82 bits per heavy atom. The average molecular weight is 510 g/mol. The summed E-state index contributed by atoms with van der Waals surface area (Å²) < 4.78 is 5.40. The van der Waals surface area contributed by atoms with Crippen molar-refractivity contribution in [3.8, 4) is 0 Å². The Morgan fingerprint density at radius 1 is 1.21 bits per heavy atom. The van der Waals surface area contributed by atoms with Crippen molar-refractivity contribution in [2.75, 3.05) is 59.4 Å². The van der Waals surface area contributed by atoms with Crippen LogP contribution in [0.25, 0.3) is 0 Å². The molecule has 2 N–H and O–H groups in total. The number of guanidine groups is 1. The maximum absolute atomic E-state index is 12.0. The van der Waals surface area contributed by atoms with Gasteiger partial charge in [-0.05, 0) is 41.7 Å². The summed E-state index contributed by atoms with van der Waals surface area (Å²) in [5.74, 6) is 0.826. The Hall–Kier alpha value is -0.810. The van der Waals surface area contributed by atoms with Crippen molar-refractivity contribution in [1.82, 2.24) is 25.3 Å². The lowest BCUT2D eigenvalue weighted by Gasteiger charge is -2.40. The molecule has 28 heavy (non-hydrogen) atoms. The van der Waals surface area contributed by atoms with E-state index in [4.69, 9.17) is 9.73 Å². The number of ether oxygens (including phenoxy) is 1. The molecule has 0 radical (unpaired) electrons.